The number of aromatic amines is 1. The molecule has 0 saturated heterocycles. The van der Waals surface area contributed by atoms with Crippen LogP contribution >= 0.6 is 0 Å². The maximum absolute atomic E-state index is 3.56. The Balaban J connectivity index is 1.08. The Morgan fingerprint density at radius 2 is 0.980 bits per heavy atom. The van der Waals surface area contributed by atoms with E-state index in [2.05, 4.69) is 200 Å². The van der Waals surface area contributed by atoms with Crippen LogP contribution in [0.1, 0.15) is 25.0 Å². The second-order valence-corrected chi connectivity index (χ2v) is 14.3. The Morgan fingerprint density at radius 3 is 1.80 bits per heavy atom. The van der Waals surface area contributed by atoms with Gasteiger partial charge in [-0.25, -0.2) is 0 Å². The molecule has 0 unspecified atom stereocenters. The number of rotatable bonds is 5. The van der Waals surface area contributed by atoms with Gasteiger partial charge in [0.25, 0.3) is 0 Å². The van der Waals surface area contributed by atoms with Crippen molar-refractivity contribution in [2.45, 2.75) is 19.3 Å². The third-order valence-corrected chi connectivity index (χ3v) is 11.0. The van der Waals surface area contributed by atoms with Crippen LogP contribution < -0.4 is 4.90 Å². The summed E-state index contributed by atoms with van der Waals surface area (Å²) in [5.41, 5.74) is 15.9. The topological polar surface area (TPSA) is 19.0 Å². The van der Waals surface area contributed by atoms with Crippen molar-refractivity contribution in [3.8, 4) is 33.4 Å². The van der Waals surface area contributed by atoms with Gasteiger partial charge in [0.1, 0.15) is 0 Å². The van der Waals surface area contributed by atoms with Crippen molar-refractivity contribution in [1.29, 1.82) is 0 Å². The third kappa shape index (κ3) is 4.71. The van der Waals surface area contributed by atoms with Crippen LogP contribution in [0.15, 0.2) is 176 Å². The first-order valence-corrected chi connectivity index (χ1v) is 17.8. The maximum atomic E-state index is 3.56. The minimum atomic E-state index is -0.0866. The molecule has 1 aliphatic rings. The Bertz CT molecular complexity index is 2760. The van der Waals surface area contributed by atoms with Crippen LogP contribution in [0, 0.1) is 0 Å². The van der Waals surface area contributed by atoms with Gasteiger partial charge in [0.15, 0.2) is 0 Å². The number of fused-ring (bicyclic) bond motifs is 7. The highest BCUT2D eigenvalue weighted by molar-refractivity contribution is 6.08. The van der Waals surface area contributed by atoms with Crippen molar-refractivity contribution in [3.05, 3.63) is 187 Å². The maximum Gasteiger partial charge on any atom is 0.0465 e. The van der Waals surface area contributed by atoms with Crippen molar-refractivity contribution in [2.24, 2.45) is 0 Å². The van der Waals surface area contributed by atoms with Crippen molar-refractivity contribution in [2.75, 3.05) is 4.90 Å². The smallest absolute Gasteiger partial charge is 0.0465 e. The van der Waals surface area contributed by atoms with Crippen LogP contribution in [0.3, 0.4) is 0 Å². The average molecular weight is 653 g/mol. The summed E-state index contributed by atoms with van der Waals surface area (Å²) in [6.07, 6.45) is 0. The van der Waals surface area contributed by atoms with Crippen molar-refractivity contribution < 1.29 is 0 Å². The lowest BCUT2D eigenvalue weighted by Gasteiger charge is -2.28. The van der Waals surface area contributed by atoms with Gasteiger partial charge in [-0.3, -0.25) is 0 Å². The number of para-hydroxylation sites is 1. The lowest BCUT2D eigenvalue weighted by molar-refractivity contribution is 0.660. The van der Waals surface area contributed by atoms with Crippen LogP contribution in [0.4, 0.5) is 17.1 Å². The van der Waals surface area contributed by atoms with Gasteiger partial charge < -0.3 is 9.88 Å². The zero-order valence-corrected chi connectivity index (χ0v) is 28.7. The van der Waals surface area contributed by atoms with E-state index < -0.39 is 0 Å². The molecule has 1 aliphatic carbocycles. The molecule has 2 heteroatoms. The SMILES string of the molecule is CC1(C)c2ccccc2-c2ccc(N(c3ccc(-c4ccc5[nH]c6ccccc6c5c4)cc3)c3ccc(-c4cccc5ccccc45)cc3)cc21. The van der Waals surface area contributed by atoms with E-state index in [1.165, 1.54) is 71.6 Å². The van der Waals surface area contributed by atoms with E-state index in [-0.39, 0.29) is 5.41 Å². The largest absolute Gasteiger partial charge is 0.355 e. The molecule has 0 amide bonds. The van der Waals surface area contributed by atoms with Gasteiger partial charge >= 0.3 is 0 Å². The predicted molar refractivity (Wildman–Crippen MR) is 216 cm³/mol. The Morgan fingerprint density at radius 1 is 0.392 bits per heavy atom. The molecule has 0 bridgehead atoms. The fourth-order valence-corrected chi connectivity index (χ4v) is 8.38. The molecule has 0 saturated carbocycles. The highest BCUT2D eigenvalue weighted by Crippen LogP contribution is 2.50. The molecule has 9 aromatic rings. The second-order valence-electron chi connectivity index (χ2n) is 14.3. The number of H-pyrrole nitrogens is 1. The molecule has 1 N–H and O–H groups in total. The molecule has 242 valence electrons. The van der Waals surface area contributed by atoms with E-state index >= 15 is 0 Å². The van der Waals surface area contributed by atoms with Gasteiger partial charge in [-0.1, -0.05) is 135 Å². The molecular formula is C49H36N2. The molecule has 0 aliphatic heterocycles. The average Bonchev–Trinajstić information content (AvgIpc) is 3.67. The first kappa shape index (κ1) is 29.5. The number of nitrogens with one attached hydrogen (secondary N) is 1. The van der Waals surface area contributed by atoms with Crippen molar-refractivity contribution in [3.63, 3.8) is 0 Å². The zero-order valence-electron chi connectivity index (χ0n) is 28.7. The number of benzene rings is 8. The lowest BCUT2D eigenvalue weighted by atomic mass is 9.82. The summed E-state index contributed by atoms with van der Waals surface area (Å²) in [6, 6.07) is 64.4. The van der Waals surface area contributed by atoms with Gasteiger partial charge in [-0.15, -0.1) is 0 Å². The van der Waals surface area contributed by atoms with E-state index in [0.717, 1.165) is 22.6 Å². The predicted octanol–water partition coefficient (Wildman–Crippen LogP) is 13.6. The zero-order chi connectivity index (χ0) is 34.1. The Kier molecular flexibility index (Phi) is 6.56. The first-order chi connectivity index (χ1) is 25.0. The highest BCUT2D eigenvalue weighted by atomic mass is 15.1. The van der Waals surface area contributed by atoms with E-state index in [1.54, 1.807) is 0 Å². The Labute approximate surface area is 298 Å². The highest BCUT2D eigenvalue weighted by Gasteiger charge is 2.35. The fraction of sp³-hybridized carbons (Fsp3) is 0.0612. The normalized spacial score (nSPS) is 13.1. The molecule has 1 heterocycles. The number of hydrogen-bond donors (Lipinski definition) is 1. The Hall–Kier alpha value is -6.38. The summed E-state index contributed by atoms with van der Waals surface area (Å²) < 4.78 is 0. The summed E-state index contributed by atoms with van der Waals surface area (Å²) in [6.45, 7) is 4.70. The van der Waals surface area contributed by atoms with Crippen LogP contribution in [0.2, 0.25) is 0 Å². The first-order valence-electron chi connectivity index (χ1n) is 17.8. The minimum Gasteiger partial charge on any atom is -0.355 e. The van der Waals surface area contributed by atoms with Gasteiger partial charge in [-0.05, 0) is 110 Å². The van der Waals surface area contributed by atoms with Crippen molar-refractivity contribution in [1.82, 2.24) is 4.98 Å². The fourth-order valence-electron chi connectivity index (χ4n) is 8.38. The van der Waals surface area contributed by atoms with Gasteiger partial charge in [0.05, 0.1) is 0 Å². The van der Waals surface area contributed by atoms with E-state index in [4.69, 9.17) is 0 Å². The molecule has 10 rings (SSSR count). The van der Waals surface area contributed by atoms with E-state index in [9.17, 15) is 0 Å². The quantitative estimate of drug-likeness (QED) is 0.196. The molecule has 2 nitrogen and oxygen atoms in total. The number of aromatic nitrogens is 1. The third-order valence-electron chi connectivity index (χ3n) is 11.0. The van der Waals surface area contributed by atoms with E-state index in [0.29, 0.717) is 0 Å². The second kappa shape index (κ2) is 11.3. The minimum absolute atomic E-state index is 0.0866. The van der Waals surface area contributed by atoms with Crippen LogP contribution in [0.25, 0.3) is 66.0 Å². The molecule has 8 aromatic carbocycles. The number of hydrogen-bond acceptors (Lipinski definition) is 1. The summed E-state index contributed by atoms with van der Waals surface area (Å²) >= 11 is 0. The van der Waals surface area contributed by atoms with Crippen LogP contribution in [-0.2, 0) is 5.41 Å². The van der Waals surface area contributed by atoms with Gasteiger partial charge in [0.2, 0.25) is 0 Å². The summed E-state index contributed by atoms with van der Waals surface area (Å²) in [5.74, 6) is 0. The summed E-state index contributed by atoms with van der Waals surface area (Å²) in [4.78, 5) is 5.96. The molecule has 51 heavy (non-hydrogen) atoms. The lowest BCUT2D eigenvalue weighted by Crippen LogP contribution is -2.16. The van der Waals surface area contributed by atoms with Crippen LogP contribution in [-0.4, -0.2) is 4.98 Å². The number of nitrogens with zero attached hydrogens (tertiary/aromatic N) is 1. The molecule has 0 atom stereocenters. The summed E-state index contributed by atoms with van der Waals surface area (Å²) in [7, 11) is 0. The monoisotopic (exact) mass is 652 g/mol. The van der Waals surface area contributed by atoms with Crippen molar-refractivity contribution >= 4 is 49.6 Å². The molecule has 0 spiro atoms. The van der Waals surface area contributed by atoms with Gasteiger partial charge in [-0.2, -0.15) is 0 Å². The van der Waals surface area contributed by atoms with Gasteiger partial charge in [0, 0.05) is 44.3 Å². The van der Waals surface area contributed by atoms with E-state index in [1.807, 2.05) is 0 Å². The number of anilines is 3. The molecule has 1 aromatic heterocycles. The summed E-state index contributed by atoms with van der Waals surface area (Å²) in [5, 5.41) is 5.03. The standard InChI is InChI=1S/C49H36N2/c1-49(2)45-16-7-5-13-41(45)42-28-27-38(31-46(42)49)51(37-25-20-34(21-26-37)40-15-9-11-33-10-3-4-12-39(33)40)36-23-18-32(19-24-36)35-22-29-48-44(30-35)43-14-6-8-17-47(43)50-48/h3-31,50H,1-2H3. The molecular weight excluding hydrogens is 617 g/mol. The van der Waals surface area contributed by atoms with Crippen LogP contribution in [0.5, 0.6) is 0 Å². The molecule has 0 fully saturated rings. The molecule has 0 radical (unpaired) electrons.